The molecule has 1 spiro atoms. The molecule has 2 N–H and O–H groups in total. The number of fused-ring (bicyclic) bond motifs is 1. The summed E-state index contributed by atoms with van der Waals surface area (Å²) in [6, 6.07) is 6.21. The summed E-state index contributed by atoms with van der Waals surface area (Å²) in [7, 11) is 1.65. The van der Waals surface area contributed by atoms with Crippen molar-refractivity contribution < 1.29 is 14.3 Å². The van der Waals surface area contributed by atoms with Crippen molar-refractivity contribution >= 4 is 22.5 Å². The van der Waals surface area contributed by atoms with Gasteiger partial charge in [-0.25, -0.2) is 4.98 Å². The quantitative estimate of drug-likeness (QED) is 0.885. The van der Waals surface area contributed by atoms with E-state index in [1.54, 1.807) is 7.05 Å². The Balaban J connectivity index is 1.51. The Morgan fingerprint density at radius 3 is 2.62 bits per heavy atom. The Hall–Kier alpha value is -2.18. The Labute approximate surface area is 153 Å². The van der Waals surface area contributed by atoms with Crippen molar-refractivity contribution in [1.82, 2.24) is 10.3 Å². The number of aromatic nitrogens is 1. The van der Waals surface area contributed by atoms with Gasteiger partial charge in [0.25, 0.3) is 5.91 Å². The fourth-order valence-corrected chi connectivity index (χ4v) is 3.99. The summed E-state index contributed by atoms with van der Waals surface area (Å²) in [6.07, 6.45) is 5.71. The molecular formula is C20H25N3O3. The second-order valence-corrected chi connectivity index (χ2v) is 7.19. The highest BCUT2D eigenvalue weighted by molar-refractivity contribution is 5.99. The molecule has 0 unspecified atom stereocenters. The molecule has 2 heterocycles. The summed E-state index contributed by atoms with van der Waals surface area (Å²) < 4.78 is 11.6. The van der Waals surface area contributed by atoms with Crippen LogP contribution in [0.4, 0.5) is 5.82 Å². The molecule has 6 heteroatoms. The van der Waals surface area contributed by atoms with Gasteiger partial charge >= 0.3 is 0 Å². The zero-order valence-electron chi connectivity index (χ0n) is 15.3. The van der Waals surface area contributed by atoms with E-state index in [1.165, 1.54) is 0 Å². The molecule has 1 aliphatic carbocycles. The minimum Gasteiger partial charge on any atom is -0.367 e. The lowest BCUT2D eigenvalue weighted by atomic mass is 9.90. The second kappa shape index (κ2) is 6.85. The number of hydrogen-bond acceptors (Lipinski definition) is 5. The molecule has 2 fully saturated rings. The predicted molar refractivity (Wildman–Crippen MR) is 100 cm³/mol. The van der Waals surface area contributed by atoms with E-state index >= 15 is 0 Å². The lowest BCUT2D eigenvalue weighted by Crippen LogP contribution is -2.39. The van der Waals surface area contributed by atoms with Gasteiger partial charge in [-0.15, -0.1) is 0 Å². The molecule has 138 valence electrons. The van der Waals surface area contributed by atoms with Gasteiger partial charge in [0.2, 0.25) is 0 Å². The molecule has 1 saturated carbocycles. The van der Waals surface area contributed by atoms with Crippen LogP contribution in [0.2, 0.25) is 0 Å². The van der Waals surface area contributed by atoms with Crippen LogP contribution in [0.15, 0.2) is 24.4 Å². The maximum atomic E-state index is 12.0. The van der Waals surface area contributed by atoms with Gasteiger partial charge in [-0.1, -0.05) is 0 Å². The number of anilines is 1. The first-order chi connectivity index (χ1) is 12.6. The van der Waals surface area contributed by atoms with Crippen LogP contribution in [-0.4, -0.2) is 43.0 Å². The number of nitrogens with one attached hydrogen (secondary N) is 2. The van der Waals surface area contributed by atoms with Gasteiger partial charge in [-0.2, -0.15) is 0 Å². The highest BCUT2D eigenvalue weighted by atomic mass is 16.7. The van der Waals surface area contributed by atoms with Crippen LogP contribution in [0.25, 0.3) is 10.8 Å². The van der Waals surface area contributed by atoms with Crippen LogP contribution in [0, 0.1) is 6.92 Å². The summed E-state index contributed by atoms with van der Waals surface area (Å²) in [4.78, 5) is 16.5. The molecule has 2 aliphatic rings. The highest BCUT2D eigenvalue weighted by Crippen LogP contribution is 2.36. The number of carbonyl (C=O) groups excluding carboxylic acids is 1. The van der Waals surface area contributed by atoms with E-state index in [0.717, 1.165) is 47.8 Å². The summed E-state index contributed by atoms with van der Waals surface area (Å²) in [5.41, 5.74) is 1.72. The lowest BCUT2D eigenvalue weighted by molar-refractivity contribution is -0.177. The minimum atomic E-state index is -0.339. The summed E-state index contributed by atoms with van der Waals surface area (Å²) in [5, 5.41) is 8.31. The third-order valence-corrected chi connectivity index (χ3v) is 5.45. The van der Waals surface area contributed by atoms with Crippen LogP contribution in [0.1, 0.15) is 41.6 Å². The summed E-state index contributed by atoms with van der Waals surface area (Å²) in [6.45, 7) is 3.42. The van der Waals surface area contributed by atoms with Crippen molar-refractivity contribution in [2.75, 3.05) is 25.6 Å². The Bertz CT molecular complexity index is 820. The topological polar surface area (TPSA) is 72.5 Å². The third kappa shape index (κ3) is 3.27. The van der Waals surface area contributed by atoms with Crippen molar-refractivity contribution in [2.45, 2.75) is 44.4 Å². The number of rotatable bonds is 3. The molecule has 0 bridgehead atoms. The van der Waals surface area contributed by atoms with Crippen LogP contribution in [0.5, 0.6) is 0 Å². The summed E-state index contributed by atoms with van der Waals surface area (Å²) >= 11 is 0. The van der Waals surface area contributed by atoms with Gasteiger partial charge < -0.3 is 20.1 Å². The van der Waals surface area contributed by atoms with E-state index in [-0.39, 0.29) is 11.7 Å². The highest BCUT2D eigenvalue weighted by Gasteiger charge is 2.40. The van der Waals surface area contributed by atoms with E-state index in [9.17, 15) is 4.79 Å². The number of amides is 1. The zero-order chi connectivity index (χ0) is 18.1. The van der Waals surface area contributed by atoms with E-state index in [1.807, 2.05) is 31.3 Å². The Morgan fingerprint density at radius 2 is 1.92 bits per heavy atom. The number of hydrogen-bond donors (Lipinski definition) is 2. The number of nitrogens with zero attached hydrogens (tertiary/aromatic N) is 1. The molecule has 2 aromatic rings. The average Bonchev–Trinajstić information content (AvgIpc) is 3.11. The second-order valence-electron chi connectivity index (χ2n) is 7.19. The normalized spacial score (nSPS) is 19.8. The zero-order valence-corrected chi connectivity index (χ0v) is 15.3. The maximum absolute atomic E-state index is 12.0. The molecule has 1 saturated heterocycles. The first-order valence-corrected chi connectivity index (χ1v) is 9.25. The molecule has 1 aromatic heterocycles. The van der Waals surface area contributed by atoms with Crippen LogP contribution in [-0.2, 0) is 9.47 Å². The predicted octanol–water partition coefficient (Wildman–Crippen LogP) is 3.00. The maximum Gasteiger partial charge on any atom is 0.251 e. The number of carbonyl (C=O) groups is 1. The molecule has 6 nitrogen and oxygen atoms in total. The van der Waals surface area contributed by atoms with Gasteiger partial charge in [-0.05, 0) is 48.9 Å². The minimum absolute atomic E-state index is 0.0736. The average molecular weight is 355 g/mol. The molecule has 0 atom stereocenters. The van der Waals surface area contributed by atoms with Gasteiger partial charge in [0.05, 0.1) is 13.2 Å². The molecule has 1 aromatic carbocycles. The smallest absolute Gasteiger partial charge is 0.251 e. The van der Waals surface area contributed by atoms with Crippen molar-refractivity contribution in [3.05, 3.63) is 35.5 Å². The standard InChI is InChI=1S/C20H25N3O3/c1-13-9-15(19(24)21-2)10-14-11-18(22-12-17(13)14)23-16-3-5-20(6-4-16)25-7-8-26-20/h9-12,16H,3-8H2,1-2H3,(H,21,24)(H,22,23). The molecular weight excluding hydrogens is 330 g/mol. The molecule has 0 radical (unpaired) electrons. The van der Waals surface area contributed by atoms with Gasteiger partial charge in [0, 0.05) is 43.1 Å². The fourth-order valence-electron chi connectivity index (χ4n) is 3.99. The lowest BCUT2D eigenvalue weighted by Gasteiger charge is -2.35. The van der Waals surface area contributed by atoms with Crippen LogP contribution < -0.4 is 10.6 Å². The Kier molecular flexibility index (Phi) is 4.54. The number of aryl methyl sites for hydroxylation is 1. The monoisotopic (exact) mass is 355 g/mol. The summed E-state index contributed by atoms with van der Waals surface area (Å²) in [5.74, 6) is 0.435. The van der Waals surface area contributed by atoms with Crippen molar-refractivity contribution in [2.24, 2.45) is 0 Å². The van der Waals surface area contributed by atoms with E-state index in [4.69, 9.17) is 9.47 Å². The number of ether oxygens (including phenoxy) is 2. The fraction of sp³-hybridized carbons (Fsp3) is 0.500. The number of benzene rings is 1. The number of pyridine rings is 1. The van der Waals surface area contributed by atoms with Crippen molar-refractivity contribution in [3.8, 4) is 0 Å². The molecule has 4 rings (SSSR count). The molecule has 1 amide bonds. The van der Waals surface area contributed by atoms with E-state index in [2.05, 4.69) is 15.6 Å². The molecule has 1 aliphatic heterocycles. The van der Waals surface area contributed by atoms with Gasteiger partial charge in [0.15, 0.2) is 5.79 Å². The van der Waals surface area contributed by atoms with Gasteiger partial charge in [0.1, 0.15) is 5.82 Å². The Morgan fingerprint density at radius 1 is 1.19 bits per heavy atom. The third-order valence-electron chi connectivity index (χ3n) is 5.45. The SMILES string of the molecule is CNC(=O)c1cc(C)c2cnc(NC3CCC4(CC3)OCCO4)cc2c1. The van der Waals surface area contributed by atoms with Crippen LogP contribution in [0.3, 0.4) is 0 Å². The van der Waals surface area contributed by atoms with Crippen molar-refractivity contribution in [1.29, 1.82) is 0 Å². The first kappa shape index (κ1) is 17.2. The van der Waals surface area contributed by atoms with Crippen molar-refractivity contribution in [3.63, 3.8) is 0 Å². The largest absolute Gasteiger partial charge is 0.367 e. The van der Waals surface area contributed by atoms with E-state index < -0.39 is 0 Å². The van der Waals surface area contributed by atoms with Crippen LogP contribution >= 0.6 is 0 Å². The van der Waals surface area contributed by atoms with E-state index in [0.29, 0.717) is 24.8 Å². The molecule has 26 heavy (non-hydrogen) atoms. The van der Waals surface area contributed by atoms with Gasteiger partial charge in [-0.3, -0.25) is 4.79 Å². The first-order valence-electron chi connectivity index (χ1n) is 9.25.